The number of unbranched alkanes of at least 4 members (excludes halogenated alkanes) is 14. The Hall–Kier alpha value is -0.570. The lowest BCUT2D eigenvalue weighted by atomic mass is 10.0. The van der Waals surface area contributed by atoms with Crippen LogP contribution in [0.15, 0.2) is 0 Å². The average Bonchev–Trinajstić information content (AvgIpc) is 2.61. The highest BCUT2D eigenvalue weighted by Crippen LogP contribution is 2.13. The van der Waals surface area contributed by atoms with E-state index in [1.807, 2.05) is 0 Å². The van der Waals surface area contributed by atoms with Crippen molar-refractivity contribution in [2.45, 2.75) is 116 Å². The van der Waals surface area contributed by atoms with Gasteiger partial charge in [-0.05, 0) is 39.9 Å². The van der Waals surface area contributed by atoms with Crippen LogP contribution in [0.3, 0.4) is 0 Å². The van der Waals surface area contributed by atoms with E-state index < -0.39 is 0 Å². The Morgan fingerprint density at radius 3 is 1.58 bits per heavy atom. The quantitative estimate of drug-likeness (QED) is 0.255. The largest absolute Gasteiger partial charge is 0.356 e. The van der Waals surface area contributed by atoms with Gasteiger partial charge in [0.05, 0.1) is 0 Å². The van der Waals surface area contributed by atoms with Crippen LogP contribution in [0.4, 0.5) is 0 Å². The second-order valence-corrected chi connectivity index (χ2v) is 8.21. The molecule has 0 aromatic rings. The summed E-state index contributed by atoms with van der Waals surface area (Å²) >= 11 is 0. The van der Waals surface area contributed by atoms with Crippen LogP contribution in [0.1, 0.15) is 116 Å². The molecule has 0 saturated heterocycles. The number of carbonyl (C=O) groups excluding carboxylic acids is 1. The molecule has 0 aromatic carbocycles. The Bertz CT molecular complexity index is 292. The lowest BCUT2D eigenvalue weighted by Crippen LogP contribution is -2.24. The van der Waals surface area contributed by atoms with Crippen molar-refractivity contribution in [1.82, 2.24) is 10.2 Å². The third-order valence-corrected chi connectivity index (χ3v) is 5.11. The van der Waals surface area contributed by atoms with E-state index in [1.54, 1.807) is 0 Å². The number of nitrogens with zero attached hydrogens (tertiary/aromatic N) is 1. The predicted octanol–water partition coefficient (Wildman–Crippen LogP) is 6.32. The highest BCUT2D eigenvalue weighted by molar-refractivity contribution is 5.75. The molecule has 0 radical (unpaired) electrons. The minimum Gasteiger partial charge on any atom is -0.356 e. The normalized spacial score (nSPS) is 11.2. The molecule has 0 aromatic heterocycles. The van der Waals surface area contributed by atoms with Crippen molar-refractivity contribution in [2.75, 3.05) is 27.2 Å². The first-order valence-corrected chi connectivity index (χ1v) is 11.6. The van der Waals surface area contributed by atoms with Gasteiger partial charge in [-0.1, -0.05) is 90.4 Å². The maximum atomic E-state index is 11.7. The van der Waals surface area contributed by atoms with Crippen LogP contribution in [0.25, 0.3) is 0 Å². The van der Waals surface area contributed by atoms with Crippen molar-refractivity contribution >= 4 is 5.91 Å². The molecule has 1 N–H and O–H groups in total. The third-order valence-electron chi connectivity index (χ3n) is 5.11. The lowest BCUT2D eigenvalue weighted by molar-refractivity contribution is -0.121. The monoisotopic (exact) mass is 368 g/mol. The smallest absolute Gasteiger partial charge is 0.219 e. The zero-order valence-electron chi connectivity index (χ0n) is 18.3. The van der Waals surface area contributed by atoms with Gasteiger partial charge in [-0.2, -0.15) is 0 Å². The van der Waals surface area contributed by atoms with Crippen LogP contribution in [-0.2, 0) is 4.79 Å². The van der Waals surface area contributed by atoms with Gasteiger partial charge in [0.25, 0.3) is 0 Å². The second-order valence-electron chi connectivity index (χ2n) is 8.21. The predicted molar refractivity (Wildman–Crippen MR) is 116 cm³/mol. The van der Waals surface area contributed by atoms with Crippen molar-refractivity contribution in [3.8, 4) is 0 Å². The van der Waals surface area contributed by atoms with E-state index in [9.17, 15) is 4.79 Å². The van der Waals surface area contributed by atoms with E-state index in [0.717, 1.165) is 32.4 Å². The third kappa shape index (κ3) is 21.5. The number of nitrogens with one attached hydrogen (secondary N) is 1. The highest BCUT2D eigenvalue weighted by Gasteiger charge is 2.00. The van der Waals surface area contributed by atoms with E-state index in [2.05, 4.69) is 31.2 Å². The molecule has 0 aliphatic heterocycles. The molecule has 3 nitrogen and oxygen atoms in total. The van der Waals surface area contributed by atoms with Crippen molar-refractivity contribution in [3.63, 3.8) is 0 Å². The summed E-state index contributed by atoms with van der Waals surface area (Å²) < 4.78 is 0. The van der Waals surface area contributed by atoms with Gasteiger partial charge in [0.15, 0.2) is 0 Å². The summed E-state index contributed by atoms with van der Waals surface area (Å²) in [5, 5.41) is 3.05. The first-order chi connectivity index (χ1) is 12.7. The zero-order chi connectivity index (χ0) is 19.3. The molecule has 0 heterocycles. The van der Waals surface area contributed by atoms with Gasteiger partial charge in [0.2, 0.25) is 5.91 Å². The van der Waals surface area contributed by atoms with E-state index >= 15 is 0 Å². The van der Waals surface area contributed by atoms with Gasteiger partial charge in [0, 0.05) is 13.0 Å². The number of hydrogen-bond acceptors (Lipinski definition) is 2. The second kappa shape index (κ2) is 20.7. The topological polar surface area (TPSA) is 32.3 Å². The molecule has 0 fully saturated rings. The lowest BCUT2D eigenvalue weighted by Gasteiger charge is -2.09. The van der Waals surface area contributed by atoms with Gasteiger partial charge in [-0.25, -0.2) is 0 Å². The molecule has 0 bridgehead atoms. The number of amides is 1. The molecule has 0 unspecified atom stereocenters. The van der Waals surface area contributed by atoms with E-state index in [4.69, 9.17) is 0 Å². The van der Waals surface area contributed by atoms with Gasteiger partial charge in [0.1, 0.15) is 0 Å². The molecule has 0 saturated carbocycles. The van der Waals surface area contributed by atoms with Crippen LogP contribution in [0.2, 0.25) is 0 Å². The van der Waals surface area contributed by atoms with E-state index in [1.165, 1.54) is 83.5 Å². The summed E-state index contributed by atoms with van der Waals surface area (Å²) in [7, 11) is 4.18. The number of carbonyl (C=O) groups is 1. The maximum Gasteiger partial charge on any atom is 0.219 e. The molecular weight excluding hydrogens is 320 g/mol. The summed E-state index contributed by atoms with van der Waals surface area (Å²) in [6.45, 7) is 4.23. The maximum absolute atomic E-state index is 11.7. The Kier molecular flexibility index (Phi) is 20.3. The van der Waals surface area contributed by atoms with Crippen LogP contribution in [0.5, 0.6) is 0 Å². The molecule has 0 rings (SSSR count). The Morgan fingerprint density at radius 2 is 1.12 bits per heavy atom. The summed E-state index contributed by atoms with van der Waals surface area (Å²) in [4.78, 5) is 13.9. The number of rotatable bonds is 20. The van der Waals surface area contributed by atoms with Crippen molar-refractivity contribution in [1.29, 1.82) is 0 Å². The molecule has 3 heteroatoms. The molecule has 0 aliphatic carbocycles. The summed E-state index contributed by atoms with van der Waals surface area (Å²) in [6.07, 6.45) is 22.0. The summed E-state index contributed by atoms with van der Waals surface area (Å²) in [5.41, 5.74) is 0. The van der Waals surface area contributed by atoms with E-state index in [0.29, 0.717) is 6.42 Å². The van der Waals surface area contributed by atoms with Crippen molar-refractivity contribution in [3.05, 3.63) is 0 Å². The van der Waals surface area contributed by atoms with Crippen molar-refractivity contribution < 1.29 is 4.79 Å². The van der Waals surface area contributed by atoms with Crippen LogP contribution >= 0.6 is 0 Å². The SMILES string of the molecule is CCCCCCCCCCCCCCCCC(=O)NCCCCN(C)C. The van der Waals surface area contributed by atoms with Crippen molar-refractivity contribution in [2.24, 2.45) is 0 Å². The number of hydrogen-bond donors (Lipinski definition) is 1. The van der Waals surface area contributed by atoms with Crippen LogP contribution in [0, 0.1) is 0 Å². The first kappa shape index (κ1) is 25.4. The molecule has 26 heavy (non-hydrogen) atoms. The van der Waals surface area contributed by atoms with E-state index in [-0.39, 0.29) is 5.91 Å². The van der Waals surface area contributed by atoms with Gasteiger partial charge < -0.3 is 10.2 Å². The minimum atomic E-state index is 0.244. The summed E-state index contributed by atoms with van der Waals surface area (Å²) in [6, 6.07) is 0. The fourth-order valence-corrected chi connectivity index (χ4v) is 3.35. The Labute approximate surface area is 164 Å². The molecule has 156 valence electrons. The molecule has 1 amide bonds. The van der Waals surface area contributed by atoms with Gasteiger partial charge in [-0.3, -0.25) is 4.79 Å². The first-order valence-electron chi connectivity index (χ1n) is 11.6. The fraction of sp³-hybridized carbons (Fsp3) is 0.957. The molecule has 0 atom stereocenters. The average molecular weight is 369 g/mol. The Balaban J connectivity index is 3.13. The van der Waals surface area contributed by atoms with Gasteiger partial charge in [-0.15, -0.1) is 0 Å². The Morgan fingerprint density at radius 1 is 0.654 bits per heavy atom. The van der Waals surface area contributed by atoms with Crippen LogP contribution < -0.4 is 5.32 Å². The molecule has 0 spiro atoms. The highest BCUT2D eigenvalue weighted by atomic mass is 16.1. The molecule has 0 aliphatic rings. The van der Waals surface area contributed by atoms with Gasteiger partial charge >= 0.3 is 0 Å². The zero-order valence-corrected chi connectivity index (χ0v) is 18.3. The molecular formula is C23H48N2O. The minimum absolute atomic E-state index is 0.244. The fourth-order valence-electron chi connectivity index (χ4n) is 3.35. The van der Waals surface area contributed by atoms with Crippen LogP contribution in [-0.4, -0.2) is 38.0 Å². The standard InChI is InChI=1S/C23H48N2O/c1-4-5-6-7-8-9-10-11-12-13-14-15-16-17-20-23(26)24-21-18-19-22-25(2)3/h4-22H2,1-3H3,(H,24,26). The summed E-state index contributed by atoms with van der Waals surface area (Å²) in [5.74, 6) is 0.244.